The minimum atomic E-state index is -0.0223. The highest BCUT2D eigenvalue weighted by molar-refractivity contribution is 14.0. The predicted molar refractivity (Wildman–Crippen MR) is 133 cm³/mol. The van der Waals surface area contributed by atoms with Crippen LogP contribution in [0, 0.1) is 0 Å². The third-order valence-electron chi connectivity index (χ3n) is 3.93. The molecule has 0 atom stereocenters. The minimum absolute atomic E-state index is 0. The van der Waals surface area contributed by atoms with Crippen molar-refractivity contribution in [2.45, 2.75) is 13.1 Å². The molecule has 0 aliphatic heterocycles. The molecule has 0 aliphatic rings. The molecular weight excluding hydrogens is 547 g/mol. The van der Waals surface area contributed by atoms with Gasteiger partial charge in [-0.1, -0.05) is 34.1 Å². The maximum Gasteiger partial charge on any atom is 0.241 e. The molecule has 158 valence electrons. The number of aliphatic imine (C=N–C) groups is 1. The van der Waals surface area contributed by atoms with Crippen LogP contribution in [-0.2, 0) is 17.9 Å². The summed E-state index contributed by atoms with van der Waals surface area (Å²) in [7, 11) is 7.37. The molecule has 2 aromatic rings. The van der Waals surface area contributed by atoms with E-state index in [-0.39, 0.29) is 36.4 Å². The van der Waals surface area contributed by atoms with Crippen LogP contribution in [0.4, 0.5) is 5.82 Å². The number of nitrogens with zero attached hydrogens (tertiary/aromatic N) is 4. The van der Waals surface area contributed by atoms with Crippen LogP contribution >= 0.6 is 39.9 Å². The average molecular weight is 575 g/mol. The minimum Gasteiger partial charge on any atom is -0.363 e. The number of rotatable bonds is 7. The normalized spacial score (nSPS) is 10.7. The second kappa shape index (κ2) is 12.6. The molecule has 29 heavy (non-hydrogen) atoms. The van der Waals surface area contributed by atoms with Crippen molar-refractivity contribution in [1.29, 1.82) is 0 Å². The van der Waals surface area contributed by atoms with Crippen molar-refractivity contribution in [3.8, 4) is 0 Å². The van der Waals surface area contributed by atoms with Gasteiger partial charge in [0.05, 0.1) is 25.3 Å². The molecule has 0 fully saturated rings. The molecule has 1 aromatic heterocycles. The van der Waals surface area contributed by atoms with E-state index in [0.29, 0.717) is 19.0 Å². The van der Waals surface area contributed by atoms with Crippen molar-refractivity contribution >= 4 is 57.6 Å². The first-order valence-electron chi connectivity index (χ1n) is 8.95. The fraction of sp³-hybridized carbons (Fsp3) is 0.350. The Bertz CT molecular complexity index is 811. The van der Waals surface area contributed by atoms with E-state index in [4.69, 9.17) is 0 Å². The van der Waals surface area contributed by atoms with Crippen LogP contribution < -0.4 is 15.5 Å². The van der Waals surface area contributed by atoms with E-state index in [1.54, 1.807) is 19.0 Å². The molecule has 2 rings (SSSR count). The number of carbonyl (C=O) groups is 1. The third kappa shape index (κ3) is 8.99. The molecule has 0 aliphatic carbocycles. The first-order valence-corrected chi connectivity index (χ1v) is 9.74. The number of anilines is 1. The Kier molecular flexibility index (Phi) is 11.0. The zero-order chi connectivity index (χ0) is 20.5. The van der Waals surface area contributed by atoms with Gasteiger partial charge in [0.2, 0.25) is 5.91 Å². The molecule has 1 heterocycles. The van der Waals surface area contributed by atoms with Crippen LogP contribution in [0.1, 0.15) is 11.3 Å². The number of hydrogen-bond donors (Lipinski definition) is 2. The number of nitrogens with one attached hydrogen (secondary N) is 2. The number of likely N-dealkylation sites (N-methyl/N-ethyl adjacent to an activating group) is 1. The van der Waals surface area contributed by atoms with Gasteiger partial charge in [0.25, 0.3) is 0 Å². The van der Waals surface area contributed by atoms with Crippen LogP contribution in [0.5, 0.6) is 0 Å². The average Bonchev–Trinajstić information content (AvgIpc) is 2.68. The molecule has 1 aromatic carbocycles. The van der Waals surface area contributed by atoms with Gasteiger partial charge < -0.3 is 20.4 Å². The van der Waals surface area contributed by atoms with Gasteiger partial charge in [-0.05, 0) is 29.8 Å². The molecule has 0 radical (unpaired) electrons. The molecule has 0 unspecified atom stereocenters. The zero-order valence-electron chi connectivity index (χ0n) is 17.1. The molecular formula is C20H28BrIN6O. The first kappa shape index (κ1) is 25.2. The summed E-state index contributed by atoms with van der Waals surface area (Å²) < 4.78 is 1.03. The van der Waals surface area contributed by atoms with Crippen LogP contribution in [0.15, 0.2) is 51.9 Å². The van der Waals surface area contributed by atoms with Crippen LogP contribution in [0.2, 0.25) is 0 Å². The number of carbonyl (C=O) groups excluding carboxylic acids is 1. The first-order chi connectivity index (χ1) is 13.3. The number of pyridine rings is 1. The van der Waals surface area contributed by atoms with Gasteiger partial charge in [-0.15, -0.1) is 24.0 Å². The molecule has 0 spiro atoms. The topological polar surface area (TPSA) is 72.9 Å². The number of halogens is 2. The van der Waals surface area contributed by atoms with Gasteiger partial charge in [-0.2, -0.15) is 0 Å². The molecule has 9 heteroatoms. The van der Waals surface area contributed by atoms with E-state index in [2.05, 4.69) is 36.5 Å². The molecule has 0 saturated heterocycles. The Labute approximate surface area is 198 Å². The highest BCUT2D eigenvalue weighted by Gasteiger charge is 2.07. The van der Waals surface area contributed by atoms with Crippen molar-refractivity contribution in [1.82, 2.24) is 20.5 Å². The van der Waals surface area contributed by atoms with Gasteiger partial charge in [-0.25, -0.2) is 9.98 Å². The summed E-state index contributed by atoms with van der Waals surface area (Å²) in [5, 5.41) is 6.35. The van der Waals surface area contributed by atoms with E-state index in [1.807, 2.05) is 61.5 Å². The highest BCUT2D eigenvalue weighted by atomic mass is 127. The Hall–Kier alpha value is -1.88. The van der Waals surface area contributed by atoms with Crippen molar-refractivity contribution in [2.75, 3.05) is 39.6 Å². The van der Waals surface area contributed by atoms with E-state index < -0.39 is 0 Å². The van der Waals surface area contributed by atoms with Crippen LogP contribution in [-0.4, -0.2) is 56.5 Å². The van der Waals surface area contributed by atoms with Crippen molar-refractivity contribution in [3.05, 3.63) is 58.2 Å². The maximum atomic E-state index is 11.9. The Morgan fingerprint density at radius 2 is 1.76 bits per heavy atom. The monoisotopic (exact) mass is 574 g/mol. The number of guanidine groups is 1. The highest BCUT2D eigenvalue weighted by Crippen LogP contribution is 2.11. The summed E-state index contributed by atoms with van der Waals surface area (Å²) in [6.45, 7) is 1.18. The number of hydrogen-bond acceptors (Lipinski definition) is 4. The summed E-state index contributed by atoms with van der Waals surface area (Å²) in [6, 6.07) is 13.9. The summed E-state index contributed by atoms with van der Waals surface area (Å²) >= 11 is 3.43. The molecule has 0 saturated carbocycles. The van der Waals surface area contributed by atoms with Crippen molar-refractivity contribution in [3.63, 3.8) is 0 Å². The van der Waals surface area contributed by atoms with E-state index in [1.165, 1.54) is 0 Å². The summed E-state index contributed by atoms with van der Waals surface area (Å²) in [4.78, 5) is 24.6. The lowest BCUT2D eigenvalue weighted by molar-refractivity contribution is -0.127. The second-order valence-electron chi connectivity index (χ2n) is 6.67. The lowest BCUT2D eigenvalue weighted by Gasteiger charge is -2.16. The Balaban J connectivity index is 0.00000420. The van der Waals surface area contributed by atoms with Gasteiger partial charge >= 0.3 is 0 Å². The van der Waals surface area contributed by atoms with E-state index in [9.17, 15) is 4.79 Å². The predicted octanol–water partition coefficient (Wildman–Crippen LogP) is 2.85. The maximum absolute atomic E-state index is 11.9. The van der Waals surface area contributed by atoms with Gasteiger partial charge in [-0.3, -0.25) is 4.79 Å². The van der Waals surface area contributed by atoms with Crippen LogP contribution in [0.3, 0.4) is 0 Å². The summed E-state index contributed by atoms with van der Waals surface area (Å²) in [6.07, 6.45) is 0. The van der Waals surface area contributed by atoms with Crippen LogP contribution in [0.25, 0.3) is 0 Å². The van der Waals surface area contributed by atoms with Gasteiger partial charge in [0.1, 0.15) is 5.82 Å². The fourth-order valence-corrected chi connectivity index (χ4v) is 2.50. The Morgan fingerprint density at radius 1 is 1.07 bits per heavy atom. The standard InChI is InChI=1S/C20H27BrN6O.HI/c1-26(2)18-7-5-6-17(25-18)13-23-20(24-14-19(28)27(3)4)22-12-15-8-10-16(21)11-9-15;/h5-11H,12-14H2,1-4H3,(H2,22,23,24);1H. The van der Waals surface area contributed by atoms with E-state index >= 15 is 0 Å². The second-order valence-corrected chi connectivity index (χ2v) is 7.58. The number of aromatic nitrogens is 1. The zero-order valence-corrected chi connectivity index (χ0v) is 21.1. The number of benzene rings is 1. The lowest BCUT2D eigenvalue weighted by Crippen LogP contribution is -2.42. The van der Waals surface area contributed by atoms with Crippen molar-refractivity contribution in [2.24, 2.45) is 4.99 Å². The Morgan fingerprint density at radius 3 is 2.38 bits per heavy atom. The molecule has 0 bridgehead atoms. The smallest absolute Gasteiger partial charge is 0.241 e. The SMILES string of the molecule is CN(C)C(=O)CNC(=NCc1ccc(Br)cc1)NCc1cccc(N(C)C)n1.I. The van der Waals surface area contributed by atoms with Crippen molar-refractivity contribution < 1.29 is 4.79 Å². The summed E-state index contributed by atoms with van der Waals surface area (Å²) in [5.74, 6) is 1.43. The fourth-order valence-electron chi connectivity index (χ4n) is 2.24. The quantitative estimate of drug-likeness (QED) is 0.302. The van der Waals surface area contributed by atoms with Gasteiger partial charge in [0.15, 0.2) is 5.96 Å². The lowest BCUT2D eigenvalue weighted by atomic mass is 10.2. The van der Waals surface area contributed by atoms with Gasteiger partial charge in [0, 0.05) is 32.7 Å². The molecule has 7 nitrogen and oxygen atoms in total. The molecule has 2 N–H and O–H groups in total. The molecule has 1 amide bonds. The number of amides is 1. The van der Waals surface area contributed by atoms with E-state index in [0.717, 1.165) is 21.5 Å². The largest absolute Gasteiger partial charge is 0.363 e. The summed E-state index contributed by atoms with van der Waals surface area (Å²) in [5.41, 5.74) is 1.97. The third-order valence-corrected chi connectivity index (χ3v) is 4.45.